The Morgan fingerprint density at radius 2 is 0.644 bits per heavy atom. The number of ether oxygens (including phenoxy) is 8. The van der Waals surface area contributed by atoms with Crippen LogP contribution in [0.4, 0.5) is 0 Å². The highest BCUT2D eigenvalue weighted by molar-refractivity contribution is 5.31. The molecule has 0 saturated carbocycles. The zero-order valence-corrected chi connectivity index (χ0v) is 59.1. The van der Waals surface area contributed by atoms with Gasteiger partial charge in [-0.2, -0.15) is 0 Å². The molecule has 8 heteroatoms. The summed E-state index contributed by atoms with van der Waals surface area (Å²) in [6.45, 7) is 38.1. The predicted molar refractivity (Wildman–Crippen MR) is 407 cm³/mol. The molecule has 6 rings (SSSR count). The Labute approximate surface area is 562 Å². The van der Waals surface area contributed by atoms with E-state index in [9.17, 15) is 0 Å². The molecule has 0 N–H and O–H groups in total. The maximum absolute atomic E-state index is 5.04. The first-order chi connectivity index (χ1) is 40.4. The Kier molecular flexibility index (Phi) is 91.7. The minimum Gasteiger partial charge on any atom is -0.497 e. The molecule has 0 bridgehead atoms. The lowest BCUT2D eigenvalue weighted by molar-refractivity contribution is 0.0397. The van der Waals surface area contributed by atoms with E-state index in [4.69, 9.17) is 37.9 Å². The second-order valence-corrected chi connectivity index (χ2v) is 21.8. The SMILES string of the molecule is C.C.C.C.C.CCCCCCCCCOC.CCCCCOC.CCCOC.COC(C)(C)C.COC(C)C.COc1ccc(C)cc1.COc1cccc(C)c1.COc1ccccc1C.Cc1ccc(C)cc1.Cc1cccc(C)c1.Cc1ccccc1C. The normalized spacial score (nSPS) is 9.00. The minimum absolute atomic E-state index is 0. The minimum atomic E-state index is 0. The fourth-order valence-electron chi connectivity index (χ4n) is 6.21. The van der Waals surface area contributed by atoms with Crippen LogP contribution in [0.1, 0.15) is 213 Å². The average molecular weight is 1260 g/mol. The van der Waals surface area contributed by atoms with Gasteiger partial charge in [0, 0.05) is 55.4 Å². The summed E-state index contributed by atoms with van der Waals surface area (Å²) in [6, 6.07) is 49.2. The molecule has 0 aliphatic rings. The van der Waals surface area contributed by atoms with Crippen molar-refractivity contribution in [2.45, 2.75) is 237 Å². The van der Waals surface area contributed by atoms with E-state index in [1.54, 1.807) is 56.9 Å². The lowest BCUT2D eigenvalue weighted by Crippen LogP contribution is -2.15. The molecule has 6 aromatic carbocycles. The van der Waals surface area contributed by atoms with Crippen LogP contribution in [0.2, 0.25) is 0 Å². The molecule has 0 atom stereocenters. The Hall–Kier alpha value is -5.48. The summed E-state index contributed by atoms with van der Waals surface area (Å²) >= 11 is 0. The number of methoxy groups -OCH3 is 8. The summed E-state index contributed by atoms with van der Waals surface area (Å²) in [4.78, 5) is 0. The summed E-state index contributed by atoms with van der Waals surface area (Å²) < 4.78 is 39.2. The Morgan fingerprint density at radius 1 is 0.322 bits per heavy atom. The standard InChI is InChI=1S/C10H22O.3C8H10O.3C8H10.C6H14O.C5H12O.2C4H10O.5CH4/c1-3-4-5-6-7-8-9-10-11-2;1-7-3-5-8(9-2)6-4-7;1-7-4-3-5-8(6-7)9-2;1-7-5-3-4-6-8(7)9-2;1-7-3-5-8(2)6-4-7;1-7-4-3-5-8(2)6-7;1-7-5-3-4-6-8(7)2;1-3-4-5-6-7-2;1-5(2,3)6-4;1-4(2)5-3;1-3-4-5-2;;;;;/h3-10H2,1-2H3;3*3-6H,1-2H3;3*3-6H,1-2H3;3-6H2,1-2H3;1-4H3;4H,1-3H3;3-4H2,1-2H3;5*1H4. The van der Waals surface area contributed by atoms with Crippen molar-refractivity contribution in [2.24, 2.45) is 0 Å². The largest absolute Gasteiger partial charge is 0.497 e. The van der Waals surface area contributed by atoms with Crippen LogP contribution >= 0.6 is 0 Å². The van der Waals surface area contributed by atoms with Gasteiger partial charge in [0.2, 0.25) is 0 Å². The number of para-hydroxylation sites is 1. The molecular formula is C82H148O8. The first-order valence-corrected chi connectivity index (χ1v) is 30.9. The second kappa shape index (κ2) is 77.8. The zero-order valence-electron chi connectivity index (χ0n) is 59.1. The maximum atomic E-state index is 5.04. The van der Waals surface area contributed by atoms with Crippen LogP contribution in [0.25, 0.3) is 0 Å². The number of rotatable bonds is 18. The molecule has 0 aromatic heterocycles. The summed E-state index contributed by atoms with van der Waals surface area (Å²) in [7, 11) is 13.7. The summed E-state index contributed by atoms with van der Waals surface area (Å²) in [5, 5.41) is 0. The third-order valence-electron chi connectivity index (χ3n) is 12.0. The van der Waals surface area contributed by atoms with Crippen LogP contribution < -0.4 is 14.2 Å². The molecule has 524 valence electrons. The van der Waals surface area contributed by atoms with E-state index >= 15 is 0 Å². The van der Waals surface area contributed by atoms with Crippen molar-refractivity contribution in [3.63, 3.8) is 0 Å². The van der Waals surface area contributed by atoms with E-state index in [1.165, 1.54) is 114 Å². The third kappa shape index (κ3) is 82.5. The lowest BCUT2D eigenvalue weighted by atomic mass is 10.1. The van der Waals surface area contributed by atoms with E-state index in [2.05, 4.69) is 142 Å². The molecule has 0 amide bonds. The molecule has 0 heterocycles. The highest BCUT2D eigenvalue weighted by Crippen LogP contribution is 2.15. The summed E-state index contributed by atoms with van der Waals surface area (Å²) in [5.74, 6) is 2.80. The van der Waals surface area contributed by atoms with Gasteiger partial charge in [0.25, 0.3) is 0 Å². The van der Waals surface area contributed by atoms with E-state index in [-0.39, 0.29) is 42.7 Å². The van der Waals surface area contributed by atoms with Crippen LogP contribution in [0.5, 0.6) is 17.2 Å². The van der Waals surface area contributed by atoms with Crippen molar-refractivity contribution in [1.29, 1.82) is 0 Å². The van der Waals surface area contributed by atoms with Gasteiger partial charge >= 0.3 is 0 Å². The topological polar surface area (TPSA) is 73.8 Å². The number of unbranched alkanes of at least 4 members (excludes halogenated alkanes) is 8. The Bertz CT molecular complexity index is 2190. The van der Waals surface area contributed by atoms with E-state index in [0.717, 1.165) is 43.5 Å². The van der Waals surface area contributed by atoms with Gasteiger partial charge < -0.3 is 37.9 Å². The van der Waals surface area contributed by atoms with E-state index in [0.29, 0.717) is 6.10 Å². The highest BCUT2D eigenvalue weighted by atomic mass is 16.5. The molecule has 0 fully saturated rings. The molecule has 0 saturated heterocycles. The van der Waals surface area contributed by atoms with Gasteiger partial charge in [-0.15, -0.1) is 0 Å². The molecule has 8 nitrogen and oxygen atoms in total. The fourth-order valence-corrected chi connectivity index (χ4v) is 6.21. The molecule has 0 unspecified atom stereocenters. The van der Waals surface area contributed by atoms with Crippen molar-refractivity contribution >= 4 is 0 Å². The quantitative estimate of drug-likeness (QED) is 0.0788. The smallest absolute Gasteiger partial charge is 0.121 e. The highest BCUT2D eigenvalue weighted by Gasteiger charge is 2.04. The molecule has 0 aliphatic carbocycles. The third-order valence-corrected chi connectivity index (χ3v) is 12.0. The van der Waals surface area contributed by atoms with Crippen molar-refractivity contribution < 1.29 is 37.9 Å². The summed E-state index contributed by atoms with van der Waals surface area (Å²) in [5.41, 5.74) is 11.8. The number of hydrogen-bond acceptors (Lipinski definition) is 8. The van der Waals surface area contributed by atoms with Crippen LogP contribution in [0.15, 0.2) is 146 Å². The van der Waals surface area contributed by atoms with Crippen LogP contribution in [-0.2, 0) is 23.7 Å². The maximum Gasteiger partial charge on any atom is 0.121 e. The lowest BCUT2D eigenvalue weighted by Gasteiger charge is -2.14. The second-order valence-electron chi connectivity index (χ2n) is 21.8. The van der Waals surface area contributed by atoms with Gasteiger partial charge in [0.15, 0.2) is 0 Å². The molecule has 90 heavy (non-hydrogen) atoms. The molecule has 0 radical (unpaired) electrons. The van der Waals surface area contributed by atoms with Gasteiger partial charge in [0.1, 0.15) is 17.2 Å². The first kappa shape index (κ1) is 106. The number of hydrogen-bond donors (Lipinski definition) is 0. The van der Waals surface area contributed by atoms with Crippen molar-refractivity contribution in [3.8, 4) is 17.2 Å². The van der Waals surface area contributed by atoms with Crippen molar-refractivity contribution in [3.05, 3.63) is 196 Å². The van der Waals surface area contributed by atoms with Gasteiger partial charge in [-0.05, 0) is 169 Å². The monoisotopic (exact) mass is 1260 g/mol. The Morgan fingerprint density at radius 3 is 0.900 bits per heavy atom. The average Bonchev–Trinajstić information content (AvgIpc) is 3.69. The van der Waals surface area contributed by atoms with Crippen molar-refractivity contribution in [1.82, 2.24) is 0 Å². The number of benzene rings is 6. The van der Waals surface area contributed by atoms with Gasteiger partial charge in [-0.25, -0.2) is 0 Å². The Balaban J connectivity index is -0.0000000979. The zero-order chi connectivity index (χ0) is 65.5. The van der Waals surface area contributed by atoms with Crippen molar-refractivity contribution in [2.75, 3.05) is 76.7 Å². The van der Waals surface area contributed by atoms with Gasteiger partial charge in [-0.1, -0.05) is 252 Å². The molecule has 0 spiro atoms. The predicted octanol–water partition coefficient (Wildman–Crippen LogP) is 24.8. The molecular weight excluding hydrogens is 1110 g/mol. The van der Waals surface area contributed by atoms with Crippen LogP contribution in [0, 0.1) is 62.3 Å². The molecule has 6 aromatic rings. The van der Waals surface area contributed by atoms with Crippen LogP contribution in [-0.4, -0.2) is 88.4 Å². The fraction of sp³-hybridized carbons (Fsp3) is 0.561. The first-order valence-electron chi connectivity index (χ1n) is 30.9. The molecule has 0 aliphatic heterocycles. The van der Waals surface area contributed by atoms with E-state index < -0.39 is 0 Å². The van der Waals surface area contributed by atoms with Gasteiger partial charge in [0.05, 0.1) is 33.0 Å². The number of aryl methyl sites for hydroxylation is 9. The van der Waals surface area contributed by atoms with E-state index in [1.807, 2.05) is 121 Å². The summed E-state index contributed by atoms with van der Waals surface area (Å²) in [6.07, 6.45) is 14.9. The van der Waals surface area contributed by atoms with Crippen LogP contribution in [0.3, 0.4) is 0 Å². The van der Waals surface area contributed by atoms with Gasteiger partial charge in [-0.3, -0.25) is 0 Å².